The summed E-state index contributed by atoms with van der Waals surface area (Å²) in [6, 6.07) is 52.1. The van der Waals surface area contributed by atoms with Gasteiger partial charge in [-0.05, 0) is 71.1 Å². The lowest BCUT2D eigenvalue weighted by Crippen LogP contribution is -2.10. The second kappa shape index (κ2) is 14.3. The lowest BCUT2D eigenvalue weighted by molar-refractivity contribution is 0.964. The molecule has 0 atom stereocenters. The zero-order valence-electron chi connectivity index (χ0n) is 31.4. The fourth-order valence-electron chi connectivity index (χ4n) is 8.22. The standard InChI is InChI=1S/C51H36N6S/c1-3-10-35(11-4-1)45-42-22-23-44-46(48(42)58-47(45)36-12-5-2-6-13-36)41-16-7-8-17-43(41)57(44)40-15-9-14-39(32-40)51-55-49(54-50(56-51)38-26-30-53-31-27-38)37-20-18-33(19-21-37)34-24-28-52-29-25-34/h1-28,30,32,52-53H,29,31H2. The molecule has 0 saturated heterocycles. The molecular weight excluding hydrogens is 729 g/mol. The number of hydrogen-bond acceptors (Lipinski definition) is 6. The molecule has 2 aliphatic heterocycles. The van der Waals surface area contributed by atoms with Crippen molar-refractivity contribution in [3.8, 4) is 50.0 Å². The minimum atomic E-state index is 0.629. The molecule has 0 bridgehead atoms. The minimum Gasteiger partial charge on any atom is -0.387 e. The predicted molar refractivity (Wildman–Crippen MR) is 242 cm³/mol. The van der Waals surface area contributed by atoms with Gasteiger partial charge in [-0.15, -0.1) is 11.3 Å². The van der Waals surface area contributed by atoms with Gasteiger partial charge in [-0.3, -0.25) is 0 Å². The number of nitrogens with one attached hydrogen (secondary N) is 2. The summed E-state index contributed by atoms with van der Waals surface area (Å²) >= 11 is 1.88. The van der Waals surface area contributed by atoms with E-state index in [9.17, 15) is 0 Å². The van der Waals surface area contributed by atoms with Crippen LogP contribution in [0.25, 0.3) is 93.1 Å². The van der Waals surface area contributed by atoms with Crippen LogP contribution >= 0.6 is 11.3 Å². The van der Waals surface area contributed by atoms with Crippen molar-refractivity contribution in [1.29, 1.82) is 0 Å². The van der Waals surface area contributed by atoms with E-state index in [2.05, 4.69) is 179 Å². The SMILES string of the molecule is C1=CC(c2ccc(-c3nc(C4=CCNC=C4)nc(-c4cccc(-n5c6ccccc6c6c7sc(-c8ccccc8)c(-c8ccccc8)c7ccc65)c4)n3)cc2)=CCN1. The number of nitrogens with zero attached hydrogens (tertiary/aromatic N) is 4. The monoisotopic (exact) mass is 764 g/mol. The Morgan fingerprint density at radius 2 is 1.12 bits per heavy atom. The van der Waals surface area contributed by atoms with E-state index in [0.717, 1.165) is 52.1 Å². The number of allylic oxidation sites excluding steroid dienone is 4. The maximum absolute atomic E-state index is 5.13. The van der Waals surface area contributed by atoms with Gasteiger partial charge in [0, 0.05) is 66.8 Å². The van der Waals surface area contributed by atoms with Gasteiger partial charge in [0.2, 0.25) is 0 Å². The summed E-state index contributed by atoms with van der Waals surface area (Å²) in [5.41, 5.74) is 12.3. The van der Waals surface area contributed by atoms with Crippen molar-refractivity contribution in [2.24, 2.45) is 0 Å². The molecule has 7 heteroatoms. The van der Waals surface area contributed by atoms with Gasteiger partial charge in [0.05, 0.1) is 11.0 Å². The maximum Gasteiger partial charge on any atom is 0.164 e. The van der Waals surface area contributed by atoms with Crippen LogP contribution < -0.4 is 10.6 Å². The molecule has 9 aromatic rings. The summed E-state index contributed by atoms with van der Waals surface area (Å²) in [6.07, 6.45) is 12.4. The van der Waals surface area contributed by atoms with E-state index in [1.165, 1.54) is 48.0 Å². The van der Waals surface area contributed by atoms with Crippen molar-refractivity contribution in [3.63, 3.8) is 0 Å². The average Bonchev–Trinajstić information content (AvgIpc) is 3.87. The van der Waals surface area contributed by atoms with Gasteiger partial charge < -0.3 is 15.2 Å². The molecule has 2 N–H and O–H groups in total. The van der Waals surface area contributed by atoms with Gasteiger partial charge in [-0.25, -0.2) is 15.0 Å². The van der Waals surface area contributed by atoms with Crippen LogP contribution in [0.5, 0.6) is 0 Å². The minimum absolute atomic E-state index is 0.629. The highest BCUT2D eigenvalue weighted by Gasteiger charge is 2.22. The van der Waals surface area contributed by atoms with Gasteiger partial charge in [0.15, 0.2) is 17.5 Å². The second-order valence-electron chi connectivity index (χ2n) is 14.5. The van der Waals surface area contributed by atoms with Crippen LogP contribution in [0.2, 0.25) is 0 Å². The first kappa shape index (κ1) is 33.9. The van der Waals surface area contributed by atoms with E-state index < -0.39 is 0 Å². The van der Waals surface area contributed by atoms with Crippen LogP contribution in [-0.4, -0.2) is 32.6 Å². The van der Waals surface area contributed by atoms with Crippen molar-refractivity contribution < 1.29 is 0 Å². The molecule has 5 heterocycles. The Bertz CT molecular complexity index is 3150. The molecule has 0 fully saturated rings. The molecule has 2 aliphatic rings. The quantitative estimate of drug-likeness (QED) is 0.169. The molecule has 11 rings (SSSR count). The largest absolute Gasteiger partial charge is 0.387 e. The van der Waals surface area contributed by atoms with Crippen LogP contribution in [0, 0.1) is 0 Å². The van der Waals surface area contributed by atoms with Crippen molar-refractivity contribution in [1.82, 2.24) is 30.2 Å². The van der Waals surface area contributed by atoms with Crippen LogP contribution in [0.15, 0.2) is 182 Å². The molecule has 6 nitrogen and oxygen atoms in total. The lowest BCUT2D eigenvalue weighted by atomic mass is 9.98. The Hall–Kier alpha value is -7.35. The molecule has 0 saturated carbocycles. The molecule has 0 spiro atoms. The van der Waals surface area contributed by atoms with Crippen molar-refractivity contribution >= 4 is 54.4 Å². The number of dihydropyridines is 2. The van der Waals surface area contributed by atoms with Crippen LogP contribution in [-0.2, 0) is 0 Å². The Morgan fingerprint density at radius 1 is 0.483 bits per heavy atom. The van der Waals surface area contributed by atoms with E-state index in [1.54, 1.807) is 0 Å². The molecule has 276 valence electrons. The fourth-order valence-corrected chi connectivity index (χ4v) is 9.60. The summed E-state index contributed by atoms with van der Waals surface area (Å²) < 4.78 is 3.68. The number of aromatic nitrogens is 4. The van der Waals surface area contributed by atoms with E-state index in [0.29, 0.717) is 17.5 Å². The average molecular weight is 765 g/mol. The van der Waals surface area contributed by atoms with Gasteiger partial charge in [0.1, 0.15) is 0 Å². The lowest BCUT2D eigenvalue weighted by Gasteiger charge is -2.13. The number of rotatable bonds is 7. The first-order chi connectivity index (χ1) is 28.8. The highest BCUT2D eigenvalue weighted by molar-refractivity contribution is 7.24. The van der Waals surface area contributed by atoms with Crippen LogP contribution in [0.1, 0.15) is 11.4 Å². The van der Waals surface area contributed by atoms with Crippen LogP contribution in [0.3, 0.4) is 0 Å². The summed E-state index contributed by atoms with van der Waals surface area (Å²) in [6.45, 7) is 1.54. The topological polar surface area (TPSA) is 67.7 Å². The highest BCUT2D eigenvalue weighted by atomic mass is 32.1. The Labute approximate surface area is 339 Å². The molecule has 0 amide bonds. The number of hydrogen-bond donors (Lipinski definition) is 2. The van der Waals surface area contributed by atoms with Crippen LogP contribution in [0.4, 0.5) is 0 Å². The van der Waals surface area contributed by atoms with Gasteiger partial charge in [0.25, 0.3) is 0 Å². The smallest absolute Gasteiger partial charge is 0.164 e. The Balaban J connectivity index is 1.08. The molecule has 0 radical (unpaired) electrons. The van der Waals surface area contributed by atoms with E-state index in [1.807, 2.05) is 29.8 Å². The summed E-state index contributed by atoms with van der Waals surface area (Å²) in [5.74, 6) is 1.92. The van der Waals surface area contributed by atoms with Crippen molar-refractivity contribution in [2.75, 3.05) is 13.1 Å². The normalized spacial score (nSPS) is 13.7. The summed E-state index contributed by atoms with van der Waals surface area (Å²) in [7, 11) is 0. The number of thiophene rings is 1. The first-order valence-electron chi connectivity index (χ1n) is 19.5. The highest BCUT2D eigenvalue weighted by Crippen LogP contribution is 2.49. The molecule has 0 aliphatic carbocycles. The first-order valence-corrected chi connectivity index (χ1v) is 20.4. The second-order valence-corrected chi connectivity index (χ2v) is 15.5. The number of fused-ring (bicyclic) bond motifs is 5. The molecule has 3 aromatic heterocycles. The molecular formula is C51H36N6S. The number of para-hydroxylation sites is 1. The van der Waals surface area contributed by atoms with Gasteiger partial charge in [-0.2, -0.15) is 0 Å². The Morgan fingerprint density at radius 3 is 1.86 bits per heavy atom. The predicted octanol–water partition coefficient (Wildman–Crippen LogP) is 11.9. The maximum atomic E-state index is 5.13. The van der Waals surface area contributed by atoms with Crippen molar-refractivity contribution in [3.05, 3.63) is 194 Å². The third kappa shape index (κ3) is 5.92. The molecule has 58 heavy (non-hydrogen) atoms. The number of benzene rings is 6. The van der Waals surface area contributed by atoms with Crippen molar-refractivity contribution in [2.45, 2.75) is 0 Å². The third-order valence-electron chi connectivity index (χ3n) is 11.0. The fraction of sp³-hybridized carbons (Fsp3) is 0.0392. The summed E-state index contributed by atoms with van der Waals surface area (Å²) in [5, 5.41) is 10.2. The van der Waals surface area contributed by atoms with E-state index >= 15 is 0 Å². The van der Waals surface area contributed by atoms with E-state index in [4.69, 9.17) is 15.0 Å². The van der Waals surface area contributed by atoms with Gasteiger partial charge >= 0.3 is 0 Å². The third-order valence-corrected chi connectivity index (χ3v) is 12.2. The summed E-state index contributed by atoms with van der Waals surface area (Å²) in [4.78, 5) is 16.5. The zero-order chi connectivity index (χ0) is 38.4. The van der Waals surface area contributed by atoms with E-state index in [-0.39, 0.29) is 0 Å². The van der Waals surface area contributed by atoms with Gasteiger partial charge in [-0.1, -0.05) is 133 Å². The zero-order valence-corrected chi connectivity index (χ0v) is 32.2. The Kier molecular flexibility index (Phi) is 8.37. The molecule has 0 unspecified atom stereocenters. The molecule has 6 aromatic carbocycles.